The minimum absolute atomic E-state index is 0.0288. The van der Waals surface area contributed by atoms with Crippen LogP contribution < -0.4 is 10.5 Å². The number of likely N-dealkylation sites (tertiary alicyclic amines) is 1. The number of rotatable bonds is 2. The number of nitrogens with zero attached hydrogens (tertiary/aromatic N) is 4. The molecule has 2 atom stereocenters. The molecule has 0 radical (unpaired) electrons. The molecule has 0 bridgehead atoms. The van der Waals surface area contributed by atoms with E-state index in [4.69, 9.17) is 4.98 Å². The molecule has 176 valence electrons. The summed E-state index contributed by atoms with van der Waals surface area (Å²) in [6, 6.07) is 9.71. The lowest BCUT2D eigenvalue weighted by molar-refractivity contribution is -0.0494. The van der Waals surface area contributed by atoms with Crippen LogP contribution in [0.15, 0.2) is 47.5 Å². The number of carbonyl (C=O) groups excluding carboxylic acids is 1. The summed E-state index contributed by atoms with van der Waals surface area (Å²) in [5, 5.41) is 1.56. The molecule has 2 aromatic heterocycles. The lowest BCUT2D eigenvalue weighted by Gasteiger charge is -2.46. The molecule has 1 amide bonds. The highest BCUT2D eigenvalue weighted by Crippen LogP contribution is 2.51. The van der Waals surface area contributed by atoms with Crippen molar-refractivity contribution in [2.75, 3.05) is 24.5 Å². The zero-order valence-corrected chi connectivity index (χ0v) is 19.0. The number of hydrogen-bond acceptors (Lipinski definition) is 4. The normalized spacial score (nSPS) is 23.3. The molecule has 6 nitrogen and oxygen atoms in total. The molecule has 1 aliphatic carbocycles. The Kier molecular flexibility index (Phi) is 4.76. The highest BCUT2D eigenvalue weighted by Gasteiger charge is 2.42. The molecule has 34 heavy (non-hydrogen) atoms. The molecule has 2 aliphatic heterocycles. The number of pyridine rings is 2. The zero-order valence-electron chi connectivity index (χ0n) is 19.0. The fraction of sp³-hybridized carbons (Fsp3) is 0.423. The molecule has 2 fully saturated rings. The second-order valence-corrected chi connectivity index (χ2v) is 9.84. The van der Waals surface area contributed by atoms with Crippen molar-refractivity contribution in [3.8, 4) is 0 Å². The number of piperidine rings is 1. The minimum Gasteiger partial charge on any atom is -0.338 e. The van der Waals surface area contributed by atoms with E-state index in [0.29, 0.717) is 22.8 Å². The second kappa shape index (κ2) is 7.61. The van der Waals surface area contributed by atoms with E-state index < -0.39 is 5.92 Å². The van der Waals surface area contributed by atoms with Crippen LogP contribution in [-0.4, -0.2) is 45.9 Å². The van der Waals surface area contributed by atoms with Crippen molar-refractivity contribution < 1.29 is 13.6 Å². The Morgan fingerprint density at radius 1 is 1.12 bits per heavy atom. The number of fused-ring (bicyclic) bond motifs is 4. The van der Waals surface area contributed by atoms with Gasteiger partial charge in [-0.15, -0.1) is 0 Å². The van der Waals surface area contributed by atoms with Gasteiger partial charge in [0, 0.05) is 63.0 Å². The largest absolute Gasteiger partial charge is 0.338 e. The first-order valence-corrected chi connectivity index (χ1v) is 11.8. The topological polar surface area (TPSA) is 58.4 Å². The van der Waals surface area contributed by atoms with Crippen LogP contribution in [0.4, 0.5) is 20.3 Å². The van der Waals surface area contributed by atoms with Gasteiger partial charge in [-0.1, -0.05) is 0 Å². The smallest absolute Gasteiger partial charge is 0.258 e. The maximum atomic E-state index is 13.5. The van der Waals surface area contributed by atoms with Gasteiger partial charge >= 0.3 is 0 Å². The van der Waals surface area contributed by atoms with Gasteiger partial charge in [-0.3, -0.25) is 9.59 Å². The van der Waals surface area contributed by atoms with Crippen molar-refractivity contribution in [3.63, 3.8) is 0 Å². The predicted octanol–water partition coefficient (Wildman–Crippen LogP) is 4.45. The number of carbonyl (C=O) groups is 1. The van der Waals surface area contributed by atoms with Crippen LogP contribution in [0.3, 0.4) is 0 Å². The molecule has 3 aromatic rings. The SMILES string of the molecule is Cn1ccc2cc(N3C[C@@H]4CC[C@@H]4c4cc(C(=O)N5CCC(F)(F)CC5)cnc43)ccc2c1=O. The number of halogens is 2. The third-order valence-corrected chi connectivity index (χ3v) is 7.79. The Hall–Kier alpha value is -3.29. The van der Waals surface area contributed by atoms with Gasteiger partial charge in [0.15, 0.2) is 0 Å². The third kappa shape index (κ3) is 3.38. The van der Waals surface area contributed by atoms with Gasteiger partial charge in [-0.05, 0) is 66.0 Å². The molecule has 0 unspecified atom stereocenters. The summed E-state index contributed by atoms with van der Waals surface area (Å²) in [5.74, 6) is -1.22. The molecule has 1 saturated carbocycles. The highest BCUT2D eigenvalue weighted by molar-refractivity contribution is 5.95. The van der Waals surface area contributed by atoms with Gasteiger partial charge in [0.25, 0.3) is 17.4 Å². The standard InChI is InChI=1S/C26H26F2N4O2/c1-30-9-6-16-12-19(3-5-21(16)25(30)34)32-15-17-2-4-20(17)22-13-18(14-29-23(22)32)24(33)31-10-7-26(27,28)8-11-31/h3,5-6,9,12-14,17,20H,2,4,7-8,10-11,15H2,1H3/t17-,20-/m0/s1. The summed E-state index contributed by atoms with van der Waals surface area (Å²) >= 11 is 0. The Balaban J connectivity index is 1.35. The fourth-order valence-electron chi connectivity index (χ4n) is 5.56. The first kappa shape index (κ1) is 21.3. The van der Waals surface area contributed by atoms with E-state index in [2.05, 4.69) is 4.90 Å². The van der Waals surface area contributed by atoms with Crippen molar-refractivity contribution in [2.45, 2.75) is 37.5 Å². The molecule has 1 aromatic carbocycles. The van der Waals surface area contributed by atoms with E-state index in [-0.39, 0.29) is 37.4 Å². The van der Waals surface area contributed by atoms with Gasteiger partial charge in [-0.25, -0.2) is 13.8 Å². The van der Waals surface area contributed by atoms with E-state index in [1.165, 1.54) is 4.90 Å². The number of anilines is 2. The van der Waals surface area contributed by atoms with Gasteiger partial charge in [0.1, 0.15) is 5.82 Å². The number of hydrogen-bond donors (Lipinski definition) is 0. The summed E-state index contributed by atoms with van der Waals surface area (Å²) in [4.78, 5) is 33.9. The summed E-state index contributed by atoms with van der Waals surface area (Å²) in [6.07, 6.45) is 4.95. The molecular weight excluding hydrogens is 438 g/mol. The van der Waals surface area contributed by atoms with Crippen LogP contribution in [0.5, 0.6) is 0 Å². The number of alkyl halides is 2. The summed E-state index contributed by atoms with van der Waals surface area (Å²) in [6.45, 7) is 0.977. The van der Waals surface area contributed by atoms with E-state index >= 15 is 0 Å². The fourth-order valence-corrected chi connectivity index (χ4v) is 5.56. The van der Waals surface area contributed by atoms with Crippen LogP contribution in [0.25, 0.3) is 10.8 Å². The lowest BCUT2D eigenvalue weighted by Crippen LogP contribution is -2.43. The second-order valence-electron chi connectivity index (χ2n) is 9.84. The van der Waals surface area contributed by atoms with Crippen LogP contribution in [0.2, 0.25) is 0 Å². The maximum Gasteiger partial charge on any atom is 0.258 e. The Labute approximate surface area is 195 Å². The Morgan fingerprint density at radius 2 is 1.91 bits per heavy atom. The molecule has 1 saturated heterocycles. The third-order valence-electron chi connectivity index (χ3n) is 7.79. The predicted molar refractivity (Wildman–Crippen MR) is 126 cm³/mol. The van der Waals surface area contributed by atoms with Crippen LogP contribution in [0, 0.1) is 5.92 Å². The van der Waals surface area contributed by atoms with E-state index in [0.717, 1.165) is 41.8 Å². The summed E-state index contributed by atoms with van der Waals surface area (Å²) in [7, 11) is 1.74. The Morgan fingerprint density at radius 3 is 2.65 bits per heavy atom. The molecule has 4 heterocycles. The molecular formula is C26H26F2N4O2. The maximum absolute atomic E-state index is 13.5. The molecule has 3 aliphatic rings. The van der Waals surface area contributed by atoms with Gasteiger partial charge in [-0.2, -0.15) is 0 Å². The van der Waals surface area contributed by atoms with Crippen LogP contribution in [-0.2, 0) is 7.05 Å². The van der Waals surface area contributed by atoms with Crippen molar-refractivity contribution in [3.05, 3.63) is 64.2 Å². The summed E-state index contributed by atoms with van der Waals surface area (Å²) in [5.41, 5.74) is 2.47. The molecule has 0 spiro atoms. The van der Waals surface area contributed by atoms with E-state index in [1.807, 2.05) is 30.3 Å². The van der Waals surface area contributed by atoms with Gasteiger partial charge in [0.2, 0.25) is 0 Å². The highest BCUT2D eigenvalue weighted by atomic mass is 19.3. The number of amides is 1. The van der Waals surface area contributed by atoms with Gasteiger partial charge < -0.3 is 14.4 Å². The van der Waals surface area contributed by atoms with E-state index in [1.54, 1.807) is 24.0 Å². The number of aromatic nitrogens is 2. The first-order chi connectivity index (χ1) is 16.3. The van der Waals surface area contributed by atoms with Crippen molar-refractivity contribution >= 4 is 28.2 Å². The number of aryl methyl sites for hydroxylation is 1. The van der Waals surface area contributed by atoms with Crippen molar-refractivity contribution in [2.24, 2.45) is 13.0 Å². The van der Waals surface area contributed by atoms with E-state index in [9.17, 15) is 18.4 Å². The first-order valence-electron chi connectivity index (χ1n) is 11.8. The number of benzene rings is 1. The molecule has 0 N–H and O–H groups in total. The van der Waals surface area contributed by atoms with Crippen molar-refractivity contribution in [1.29, 1.82) is 0 Å². The van der Waals surface area contributed by atoms with Gasteiger partial charge in [0.05, 0.1) is 5.56 Å². The molecule has 6 rings (SSSR count). The average Bonchev–Trinajstić information content (AvgIpc) is 2.81. The van der Waals surface area contributed by atoms with Crippen LogP contribution in [0.1, 0.15) is 47.5 Å². The zero-order chi connectivity index (χ0) is 23.6. The molecule has 8 heteroatoms. The Bertz CT molecular complexity index is 1360. The lowest BCUT2D eigenvalue weighted by atomic mass is 9.67. The van der Waals surface area contributed by atoms with Crippen molar-refractivity contribution in [1.82, 2.24) is 14.5 Å². The minimum atomic E-state index is -2.69. The average molecular weight is 465 g/mol. The summed E-state index contributed by atoms with van der Waals surface area (Å²) < 4.78 is 28.6. The monoisotopic (exact) mass is 464 g/mol. The van der Waals surface area contributed by atoms with Crippen LogP contribution >= 0.6 is 0 Å². The quantitative estimate of drug-likeness (QED) is 0.562.